The summed E-state index contributed by atoms with van der Waals surface area (Å²) in [6, 6.07) is 12.8. The number of carbonyl (C=O) groups is 1. The number of nitrogens with zero attached hydrogens (tertiary/aromatic N) is 1. The van der Waals surface area contributed by atoms with Gasteiger partial charge in [0.15, 0.2) is 5.76 Å². The zero-order chi connectivity index (χ0) is 18.0. The lowest BCUT2D eigenvalue weighted by Gasteiger charge is -2.43. The minimum absolute atomic E-state index is 0.0614. The zero-order valence-electron chi connectivity index (χ0n) is 15.1. The molecule has 2 heterocycles. The van der Waals surface area contributed by atoms with Gasteiger partial charge in [-0.25, -0.2) is 0 Å². The monoisotopic (exact) mass is 355 g/mol. The van der Waals surface area contributed by atoms with Crippen molar-refractivity contribution >= 4 is 5.91 Å². The number of methoxy groups -OCH3 is 1. The van der Waals surface area contributed by atoms with E-state index in [0.29, 0.717) is 17.5 Å². The van der Waals surface area contributed by atoms with Crippen molar-refractivity contribution in [3.05, 3.63) is 48.2 Å². The summed E-state index contributed by atoms with van der Waals surface area (Å²) in [7, 11) is 1.79. The van der Waals surface area contributed by atoms with E-state index in [4.69, 9.17) is 13.9 Å². The molecule has 26 heavy (non-hydrogen) atoms. The average Bonchev–Trinajstić information content (AvgIpc) is 3.29. The number of hydrogen-bond acceptors (Lipinski definition) is 4. The van der Waals surface area contributed by atoms with Crippen molar-refractivity contribution in [3.8, 4) is 11.7 Å². The molecule has 1 saturated carbocycles. The summed E-state index contributed by atoms with van der Waals surface area (Å²) in [6.07, 6.45) is 5.81. The minimum Gasteiger partial charge on any atom is -0.426 e. The van der Waals surface area contributed by atoms with Crippen LogP contribution < -0.4 is 4.74 Å². The number of benzene rings is 1. The predicted octanol–water partition coefficient (Wildman–Crippen LogP) is 4.49. The van der Waals surface area contributed by atoms with Gasteiger partial charge in [-0.2, -0.15) is 0 Å². The highest BCUT2D eigenvalue weighted by atomic mass is 16.6. The number of ether oxygens (including phenoxy) is 2. The molecule has 5 nitrogen and oxygen atoms in total. The Morgan fingerprint density at radius 3 is 2.77 bits per heavy atom. The molecule has 5 heteroatoms. The molecule has 2 aromatic rings. The van der Waals surface area contributed by atoms with Gasteiger partial charge in [0, 0.05) is 31.7 Å². The standard InChI is InChI=1S/C21H25NO4/c1-24-18-9-5-12-21(18)13-6-14-22(15-21)20(23)17-10-11-19(26-17)25-16-7-3-2-4-8-16/h2-4,7-8,10-11,18H,5-6,9,12-15H2,1H3/t18-,21-/m1/s1. The Morgan fingerprint density at radius 1 is 1.15 bits per heavy atom. The minimum atomic E-state index is -0.0614. The van der Waals surface area contributed by atoms with Crippen molar-refractivity contribution < 1.29 is 18.7 Å². The molecule has 1 aliphatic heterocycles. The molecule has 0 N–H and O–H groups in total. The number of para-hydroxylation sites is 1. The summed E-state index contributed by atoms with van der Waals surface area (Å²) < 4.78 is 17.1. The molecule has 138 valence electrons. The van der Waals surface area contributed by atoms with E-state index in [0.717, 1.165) is 38.8 Å². The SMILES string of the molecule is CO[C@@H]1CCC[C@]12CCCN(C(=O)c1ccc(Oc3ccccc3)o1)C2. The van der Waals surface area contributed by atoms with Gasteiger partial charge in [0.25, 0.3) is 11.9 Å². The molecule has 2 aliphatic rings. The van der Waals surface area contributed by atoms with Crippen LogP contribution in [-0.4, -0.2) is 37.1 Å². The third kappa shape index (κ3) is 3.23. The smallest absolute Gasteiger partial charge is 0.290 e. The molecule has 1 spiro atoms. The van der Waals surface area contributed by atoms with Crippen LogP contribution >= 0.6 is 0 Å². The van der Waals surface area contributed by atoms with Crippen LogP contribution in [0.2, 0.25) is 0 Å². The fourth-order valence-electron chi connectivity index (χ4n) is 4.53. The highest BCUT2D eigenvalue weighted by Gasteiger charge is 2.47. The van der Waals surface area contributed by atoms with Crippen LogP contribution in [0.1, 0.15) is 42.7 Å². The van der Waals surface area contributed by atoms with Crippen LogP contribution in [0.3, 0.4) is 0 Å². The highest BCUT2D eigenvalue weighted by molar-refractivity contribution is 5.91. The number of amides is 1. The first-order valence-electron chi connectivity index (χ1n) is 9.35. The summed E-state index contributed by atoms with van der Waals surface area (Å²) in [6.45, 7) is 1.52. The quantitative estimate of drug-likeness (QED) is 0.811. The van der Waals surface area contributed by atoms with Gasteiger partial charge in [-0.05, 0) is 43.9 Å². The van der Waals surface area contributed by atoms with E-state index in [-0.39, 0.29) is 17.4 Å². The first-order valence-corrected chi connectivity index (χ1v) is 9.35. The van der Waals surface area contributed by atoms with E-state index in [1.165, 1.54) is 6.42 Å². The molecule has 1 aliphatic carbocycles. The summed E-state index contributed by atoms with van der Waals surface area (Å²) in [5.74, 6) is 1.29. The lowest BCUT2D eigenvalue weighted by atomic mass is 9.76. The number of rotatable bonds is 4. The Morgan fingerprint density at radius 2 is 1.96 bits per heavy atom. The Bertz CT molecular complexity index is 756. The van der Waals surface area contributed by atoms with Crippen LogP contribution in [0.4, 0.5) is 0 Å². The van der Waals surface area contributed by atoms with E-state index in [1.54, 1.807) is 19.2 Å². The Kier molecular flexibility index (Phi) is 4.72. The number of furan rings is 1. The molecule has 1 aromatic heterocycles. The normalized spacial score (nSPS) is 25.6. The Labute approximate surface area is 153 Å². The van der Waals surface area contributed by atoms with E-state index < -0.39 is 0 Å². The Hall–Kier alpha value is -2.27. The average molecular weight is 355 g/mol. The molecule has 0 unspecified atom stereocenters. The molecular formula is C21H25NO4. The number of carbonyl (C=O) groups excluding carboxylic acids is 1. The highest BCUT2D eigenvalue weighted by Crippen LogP contribution is 2.46. The van der Waals surface area contributed by atoms with Crippen LogP contribution in [0, 0.1) is 5.41 Å². The zero-order valence-corrected chi connectivity index (χ0v) is 15.1. The largest absolute Gasteiger partial charge is 0.426 e. The fourth-order valence-corrected chi connectivity index (χ4v) is 4.53. The summed E-state index contributed by atoms with van der Waals surface area (Å²) >= 11 is 0. The molecule has 0 bridgehead atoms. The van der Waals surface area contributed by atoms with Gasteiger partial charge in [0.2, 0.25) is 0 Å². The van der Waals surface area contributed by atoms with Gasteiger partial charge >= 0.3 is 0 Å². The third-order valence-corrected chi connectivity index (χ3v) is 5.76. The van der Waals surface area contributed by atoms with Crippen molar-refractivity contribution in [2.45, 2.75) is 38.2 Å². The second-order valence-corrected chi connectivity index (χ2v) is 7.34. The predicted molar refractivity (Wildman–Crippen MR) is 97.4 cm³/mol. The van der Waals surface area contributed by atoms with Gasteiger partial charge in [0.1, 0.15) is 5.75 Å². The fraction of sp³-hybridized carbons (Fsp3) is 0.476. The topological polar surface area (TPSA) is 51.9 Å². The molecular weight excluding hydrogens is 330 g/mol. The molecule has 0 radical (unpaired) electrons. The van der Waals surface area contributed by atoms with E-state index in [9.17, 15) is 4.79 Å². The van der Waals surface area contributed by atoms with E-state index in [1.807, 2.05) is 35.2 Å². The van der Waals surface area contributed by atoms with Crippen molar-refractivity contribution in [2.24, 2.45) is 5.41 Å². The van der Waals surface area contributed by atoms with Gasteiger partial charge in [-0.15, -0.1) is 0 Å². The lowest BCUT2D eigenvalue weighted by Crippen LogP contribution is -2.49. The number of likely N-dealkylation sites (tertiary alicyclic amines) is 1. The van der Waals surface area contributed by atoms with Crippen LogP contribution in [0.15, 0.2) is 46.9 Å². The van der Waals surface area contributed by atoms with Crippen molar-refractivity contribution in [3.63, 3.8) is 0 Å². The van der Waals surface area contributed by atoms with Crippen molar-refractivity contribution in [1.29, 1.82) is 0 Å². The van der Waals surface area contributed by atoms with Gasteiger partial charge in [0.05, 0.1) is 6.10 Å². The second kappa shape index (κ2) is 7.16. The molecule has 1 aromatic carbocycles. The molecule has 4 rings (SSSR count). The molecule has 2 atom stereocenters. The van der Waals surface area contributed by atoms with Crippen molar-refractivity contribution in [2.75, 3.05) is 20.2 Å². The van der Waals surface area contributed by atoms with E-state index >= 15 is 0 Å². The first-order chi connectivity index (χ1) is 12.7. The maximum Gasteiger partial charge on any atom is 0.290 e. The van der Waals surface area contributed by atoms with Gasteiger partial charge in [-0.3, -0.25) is 4.79 Å². The molecule has 1 amide bonds. The van der Waals surface area contributed by atoms with Gasteiger partial charge < -0.3 is 18.8 Å². The van der Waals surface area contributed by atoms with Gasteiger partial charge in [-0.1, -0.05) is 24.6 Å². The Balaban J connectivity index is 1.46. The van der Waals surface area contributed by atoms with Crippen LogP contribution in [0.5, 0.6) is 11.7 Å². The molecule has 1 saturated heterocycles. The summed E-state index contributed by atoms with van der Waals surface area (Å²) in [5.41, 5.74) is 0.110. The third-order valence-electron chi connectivity index (χ3n) is 5.76. The summed E-state index contributed by atoms with van der Waals surface area (Å²) in [4.78, 5) is 14.9. The maximum atomic E-state index is 12.9. The maximum absolute atomic E-state index is 12.9. The summed E-state index contributed by atoms with van der Waals surface area (Å²) in [5, 5.41) is 0. The first kappa shape index (κ1) is 17.2. The molecule has 2 fully saturated rings. The van der Waals surface area contributed by atoms with Crippen LogP contribution in [-0.2, 0) is 4.74 Å². The van der Waals surface area contributed by atoms with Crippen LogP contribution in [0.25, 0.3) is 0 Å². The van der Waals surface area contributed by atoms with Crippen molar-refractivity contribution in [1.82, 2.24) is 4.90 Å². The number of hydrogen-bond donors (Lipinski definition) is 0. The second-order valence-electron chi connectivity index (χ2n) is 7.34. The lowest BCUT2D eigenvalue weighted by molar-refractivity contribution is -0.0301. The number of piperidine rings is 1. The van der Waals surface area contributed by atoms with E-state index in [2.05, 4.69) is 0 Å².